The molecule has 0 aliphatic heterocycles. The maximum absolute atomic E-state index is 13.6. The zero-order valence-corrected chi connectivity index (χ0v) is 10.6. The Bertz CT molecular complexity index is 512. The summed E-state index contributed by atoms with van der Waals surface area (Å²) < 4.78 is 38.9. The predicted octanol–water partition coefficient (Wildman–Crippen LogP) is 3.15. The summed E-state index contributed by atoms with van der Waals surface area (Å²) in [7, 11) is -1.66. The van der Waals surface area contributed by atoms with Gasteiger partial charge in [-0.15, -0.1) is 0 Å². The molecule has 0 amide bonds. The summed E-state index contributed by atoms with van der Waals surface area (Å²) in [6.07, 6.45) is 3.12. The highest BCUT2D eigenvalue weighted by Crippen LogP contribution is 2.31. The molecule has 0 bridgehead atoms. The molecule has 96 valence electrons. The normalized spacial score (nSPS) is 25.4. The number of halogens is 2. The lowest BCUT2D eigenvalue weighted by Crippen LogP contribution is -2.28. The topological polar surface area (TPSA) is 40.9 Å². The largest absolute Gasteiger partial charge is 0.254 e. The summed E-state index contributed by atoms with van der Waals surface area (Å²) in [5.41, 5.74) is 0. The standard InChI is InChI=1S/C13H13F2NOS/c14-10-5-6-11(15)13(7-10)18(17)12-4-2-1-3-9(12)8-16/h5-7,9,12H,1-4H2. The number of hydrogen-bond acceptors (Lipinski definition) is 2. The summed E-state index contributed by atoms with van der Waals surface area (Å²) in [5, 5.41) is 8.64. The van der Waals surface area contributed by atoms with Crippen molar-refractivity contribution in [1.29, 1.82) is 5.26 Å². The first kappa shape index (κ1) is 13.2. The number of nitriles is 1. The lowest BCUT2D eigenvalue weighted by atomic mass is 9.90. The molecule has 2 rings (SSSR count). The fourth-order valence-corrected chi connectivity index (χ4v) is 3.99. The molecule has 1 aromatic rings. The molecule has 0 aromatic heterocycles. The summed E-state index contributed by atoms with van der Waals surface area (Å²) in [6.45, 7) is 0. The van der Waals surface area contributed by atoms with Crippen molar-refractivity contribution in [3.05, 3.63) is 29.8 Å². The second-order valence-electron chi connectivity index (χ2n) is 4.43. The van der Waals surface area contributed by atoms with E-state index in [-0.39, 0.29) is 16.1 Å². The van der Waals surface area contributed by atoms with E-state index in [4.69, 9.17) is 5.26 Å². The van der Waals surface area contributed by atoms with Crippen molar-refractivity contribution >= 4 is 10.8 Å². The molecule has 5 heteroatoms. The Morgan fingerprint density at radius 2 is 2.00 bits per heavy atom. The van der Waals surface area contributed by atoms with Gasteiger partial charge in [0.1, 0.15) is 11.6 Å². The molecule has 3 unspecified atom stereocenters. The van der Waals surface area contributed by atoms with E-state index in [9.17, 15) is 13.0 Å². The zero-order valence-electron chi connectivity index (χ0n) is 9.73. The Morgan fingerprint density at radius 1 is 1.28 bits per heavy atom. The van der Waals surface area contributed by atoms with Crippen molar-refractivity contribution in [2.24, 2.45) is 5.92 Å². The number of nitrogens with zero attached hydrogens (tertiary/aromatic N) is 1. The Kier molecular flexibility index (Phi) is 4.07. The molecule has 1 aromatic carbocycles. The van der Waals surface area contributed by atoms with Crippen molar-refractivity contribution in [1.82, 2.24) is 0 Å². The minimum Gasteiger partial charge on any atom is -0.254 e. The van der Waals surface area contributed by atoms with Crippen LogP contribution in [-0.2, 0) is 10.8 Å². The fraction of sp³-hybridized carbons (Fsp3) is 0.462. The average molecular weight is 269 g/mol. The maximum atomic E-state index is 13.6. The maximum Gasteiger partial charge on any atom is 0.139 e. The number of benzene rings is 1. The first-order valence-electron chi connectivity index (χ1n) is 5.88. The van der Waals surface area contributed by atoms with Crippen molar-refractivity contribution in [3.8, 4) is 6.07 Å². The van der Waals surface area contributed by atoms with E-state index in [1.807, 2.05) is 0 Å². The van der Waals surface area contributed by atoms with Gasteiger partial charge in [0.15, 0.2) is 0 Å². The van der Waals surface area contributed by atoms with Gasteiger partial charge in [-0.1, -0.05) is 12.8 Å². The molecule has 0 N–H and O–H groups in total. The SMILES string of the molecule is N#CC1CCCCC1S(=O)c1cc(F)ccc1F. The van der Waals surface area contributed by atoms with E-state index in [0.29, 0.717) is 12.8 Å². The van der Waals surface area contributed by atoms with E-state index in [2.05, 4.69) is 6.07 Å². The smallest absolute Gasteiger partial charge is 0.139 e. The van der Waals surface area contributed by atoms with Gasteiger partial charge in [0.25, 0.3) is 0 Å². The van der Waals surface area contributed by atoms with E-state index in [0.717, 1.165) is 31.0 Å². The first-order valence-corrected chi connectivity index (χ1v) is 7.10. The molecule has 2 nitrogen and oxygen atoms in total. The van der Waals surface area contributed by atoms with E-state index in [1.165, 1.54) is 0 Å². The molecule has 18 heavy (non-hydrogen) atoms. The van der Waals surface area contributed by atoms with Gasteiger partial charge in [-0.3, -0.25) is 4.21 Å². The molecular formula is C13H13F2NOS. The average Bonchev–Trinajstić information content (AvgIpc) is 2.40. The quantitative estimate of drug-likeness (QED) is 0.827. The first-order chi connectivity index (χ1) is 8.63. The monoisotopic (exact) mass is 269 g/mol. The van der Waals surface area contributed by atoms with Gasteiger partial charge in [-0.25, -0.2) is 8.78 Å². The Labute approximate surface area is 107 Å². The lowest BCUT2D eigenvalue weighted by Gasteiger charge is -2.26. The second kappa shape index (κ2) is 5.57. The summed E-state index contributed by atoms with van der Waals surface area (Å²) in [4.78, 5) is -0.123. The third-order valence-electron chi connectivity index (χ3n) is 3.25. The highest BCUT2D eigenvalue weighted by Gasteiger charge is 2.31. The number of rotatable bonds is 2. The number of hydrogen-bond donors (Lipinski definition) is 0. The van der Waals surface area contributed by atoms with E-state index >= 15 is 0 Å². The minimum atomic E-state index is -1.66. The fourth-order valence-electron chi connectivity index (χ4n) is 2.30. The van der Waals surface area contributed by atoms with Crippen LogP contribution in [0.25, 0.3) is 0 Å². The lowest BCUT2D eigenvalue weighted by molar-refractivity contribution is 0.430. The van der Waals surface area contributed by atoms with Crippen LogP contribution in [0.15, 0.2) is 23.1 Å². The molecule has 0 radical (unpaired) electrons. The van der Waals surface area contributed by atoms with Gasteiger partial charge >= 0.3 is 0 Å². The third-order valence-corrected chi connectivity index (χ3v) is 5.11. The van der Waals surface area contributed by atoms with Crippen LogP contribution in [0.1, 0.15) is 25.7 Å². The summed E-state index contributed by atoms with van der Waals surface area (Å²) in [6, 6.07) is 5.07. The van der Waals surface area contributed by atoms with Gasteiger partial charge in [0.2, 0.25) is 0 Å². The van der Waals surface area contributed by atoms with Crippen molar-refractivity contribution in [2.75, 3.05) is 0 Å². The molecule has 1 aliphatic rings. The van der Waals surface area contributed by atoms with Crippen LogP contribution in [0.4, 0.5) is 8.78 Å². The van der Waals surface area contributed by atoms with Crippen LogP contribution >= 0.6 is 0 Å². The van der Waals surface area contributed by atoms with Crippen molar-refractivity contribution in [2.45, 2.75) is 35.8 Å². The van der Waals surface area contributed by atoms with Gasteiger partial charge in [-0.2, -0.15) is 5.26 Å². The van der Waals surface area contributed by atoms with Gasteiger partial charge in [0.05, 0.1) is 32.9 Å². The van der Waals surface area contributed by atoms with Crippen molar-refractivity contribution in [3.63, 3.8) is 0 Å². The molecular weight excluding hydrogens is 256 g/mol. The highest BCUT2D eigenvalue weighted by molar-refractivity contribution is 7.85. The Morgan fingerprint density at radius 3 is 2.72 bits per heavy atom. The second-order valence-corrected chi connectivity index (χ2v) is 6.07. The summed E-state index contributed by atoms with van der Waals surface area (Å²) in [5.74, 6) is -1.61. The van der Waals surface area contributed by atoms with Gasteiger partial charge in [-0.05, 0) is 31.0 Å². The van der Waals surface area contributed by atoms with Gasteiger partial charge in [0, 0.05) is 0 Å². The molecule has 0 saturated heterocycles. The molecule has 0 spiro atoms. The Hall–Kier alpha value is -1.28. The van der Waals surface area contributed by atoms with E-state index in [1.54, 1.807) is 0 Å². The highest BCUT2D eigenvalue weighted by atomic mass is 32.2. The van der Waals surface area contributed by atoms with Crippen LogP contribution < -0.4 is 0 Å². The molecule has 0 heterocycles. The minimum absolute atomic E-state index is 0.123. The molecule has 1 fully saturated rings. The summed E-state index contributed by atoms with van der Waals surface area (Å²) >= 11 is 0. The van der Waals surface area contributed by atoms with Gasteiger partial charge < -0.3 is 0 Å². The van der Waals surface area contributed by atoms with Crippen LogP contribution in [0.2, 0.25) is 0 Å². The van der Waals surface area contributed by atoms with Crippen LogP contribution in [0, 0.1) is 28.9 Å². The van der Waals surface area contributed by atoms with Crippen LogP contribution in [-0.4, -0.2) is 9.46 Å². The third kappa shape index (κ3) is 2.59. The molecule has 1 aliphatic carbocycles. The molecule has 1 saturated carbocycles. The Balaban J connectivity index is 2.30. The molecule has 3 atom stereocenters. The zero-order chi connectivity index (χ0) is 13.1. The van der Waals surface area contributed by atoms with Crippen molar-refractivity contribution < 1.29 is 13.0 Å². The van der Waals surface area contributed by atoms with Crippen LogP contribution in [0.3, 0.4) is 0 Å². The van der Waals surface area contributed by atoms with Crippen LogP contribution in [0.5, 0.6) is 0 Å². The van der Waals surface area contributed by atoms with E-state index < -0.39 is 22.4 Å². The predicted molar refractivity (Wildman–Crippen MR) is 64.1 cm³/mol.